The van der Waals surface area contributed by atoms with Crippen molar-refractivity contribution >= 4 is 11.6 Å². The van der Waals surface area contributed by atoms with Crippen LogP contribution in [0.2, 0.25) is 0 Å². The average molecular weight is 289 g/mol. The van der Waals surface area contributed by atoms with Crippen LogP contribution in [0.25, 0.3) is 0 Å². The van der Waals surface area contributed by atoms with Gasteiger partial charge in [0.25, 0.3) is 0 Å². The van der Waals surface area contributed by atoms with Crippen LogP contribution in [0.1, 0.15) is 25.3 Å². The molecule has 1 saturated heterocycles. The number of piperidine rings is 1. The van der Waals surface area contributed by atoms with Crippen molar-refractivity contribution in [2.24, 2.45) is 5.41 Å². The van der Waals surface area contributed by atoms with Crippen LogP contribution in [0.3, 0.4) is 0 Å². The van der Waals surface area contributed by atoms with Gasteiger partial charge in [0, 0.05) is 39.9 Å². The van der Waals surface area contributed by atoms with Crippen LogP contribution in [0.15, 0.2) is 24.3 Å². The van der Waals surface area contributed by atoms with Gasteiger partial charge in [0.15, 0.2) is 0 Å². The Balaban J connectivity index is 2.00. The molecule has 0 spiro atoms. The van der Waals surface area contributed by atoms with Crippen molar-refractivity contribution in [1.82, 2.24) is 10.2 Å². The van der Waals surface area contributed by atoms with E-state index in [0.29, 0.717) is 6.54 Å². The number of carbonyl (C=O) groups excluding carboxylic acids is 1. The minimum Gasteiger partial charge on any atom is -0.378 e. The van der Waals surface area contributed by atoms with E-state index in [1.54, 1.807) is 0 Å². The fourth-order valence-electron chi connectivity index (χ4n) is 2.94. The molecule has 0 saturated carbocycles. The Morgan fingerprint density at radius 3 is 2.43 bits per heavy atom. The van der Waals surface area contributed by atoms with Crippen LogP contribution in [-0.4, -0.2) is 45.0 Å². The number of nitrogens with one attached hydrogen (secondary N) is 1. The lowest BCUT2D eigenvalue weighted by Crippen LogP contribution is -2.48. The summed E-state index contributed by atoms with van der Waals surface area (Å²) in [6, 6.07) is 8.39. The van der Waals surface area contributed by atoms with Crippen LogP contribution in [0, 0.1) is 5.41 Å². The van der Waals surface area contributed by atoms with Crippen LogP contribution in [0.4, 0.5) is 5.69 Å². The molecule has 1 heterocycles. The van der Waals surface area contributed by atoms with Gasteiger partial charge in [-0.15, -0.1) is 0 Å². The summed E-state index contributed by atoms with van der Waals surface area (Å²) in [6.45, 7) is 4.56. The fraction of sp³-hybridized carbons (Fsp3) is 0.588. The van der Waals surface area contributed by atoms with Crippen molar-refractivity contribution in [1.29, 1.82) is 0 Å². The van der Waals surface area contributed by atoms with Crippen LogP contribution >= 0.6 is 0 Å². The predicted molar refractivity (Wildman–Crippen MR) is 87.5 cm³/mol. The van der Waals surface area contributed by atoms with Crippen molar-refractivity contribution in [2.75, 3.05) is 39.1 Å². The van der Waals surface area contributed by atoms with Crippen molar-refractivity contribution in [2.45, 2.75) is 26.3 Å². The highest BCUT2D eigenvalue weighted by molar-refractivity contribution is 5.82. The maximum atomic E-state index is 12.7. The highest BCUT2D eigenvalue weighted by atomic mass is 16.2. The summed E-state index contributed by atoms with van der Waals surface area (Å²) < 4.78 is 0. The maximum Gasteiger partial charge on any atom is 0.229 e. The normalized spacial score (nSPS) is 21.9. The standard InChI is InChI=1S/C17H27N3O/c1-17(10-5-11-18-13-17)16(21)20(4)12-14-6-8-15(9-7-14)19(2)3/h6-9,18H,5,10-13H2,1-4H3. The first kappa shape index (κ1) is 15.8. The first-order chi connectivity index (χ1) is 9.92. The average Bonchev–Trinajstić information content (AvgIpc) is 2.47. The molecule has 1 unspecified atom stereocenters. The molecule has 1 N–H and O–H groups in total. The third-order valence-corrected chi connectivity index (χ3v) is 4.33. The number of hydrogen-bond donors (Lipinski definition) is 1. The van der Waals surface area contributed by atoms with Crippen LogP contribution in [-0.2, 0) is 11.3 Å². The van der Waals surface area contributed by atoms with E-state index in [2.05, 4.69) is 41.4 Å². The molecule has 0 radical (unpaired) electrons. The van der Waals surface area contributed by atoms with Crippen LogP contribution < -0.4 is 10.2 Å². The summed E-state index contributed by atoms with van der Waals surface area (Å²) in [5.74, 6) is 0.242. The molecular weight excluding hydrogens is 262 g/mol. The van der Waals surface area contributed by atoms with Gasteiger partial charge < -0.3 is 15.1 Å². The second-order valence-corrected chi connectivity index (χ2v) is 6.56. The molecule has 0 bridgehead atoms. The van der Waals surface area contributed by atoms with Crippen LogP contribution in [0.5, 0.6) is 0 Å². The zero-order chi connectivity index (χ0) is 15.5. The minimum absolute atomic E-state index is 0.242. The van der Waals surface area contributed by atoms with Gasteiger partial charge >= 0.3 is 0 Å². The molecule has 1 aromatic rings. The van der Waals surface area contributed by atoms with Gasteiger partial charge in [0.2, 0.25) is 5.91 Å². The molecular formula is C17H27N3O. The lowest BCUT2D eigenvalue weighted by atomic mass is 9.81. The number of rotatable bonds is 4. The van der Waals surface area contributed by atoms with Crippen molar-refractivity contribution in [3.05, 3.63) is 29.8 Å². The Labute approximate surface area is 128 Å². The lowest BCUT2D eigenvalue weighted by molar-refractivity contribution is -0.141. The number of benzene rings is 1. The molecule has 0 aromatic heterocycles. The summed E-state index contributed by atoms with van der Waals surface area (Å²) in [5.41, 5.74) is 2.09. The van der Waals surface area contributed by atoms with Gasteiger partial charge in [0.1, 0.15) is 0 Å². The Morgan fingerprint density at radius 2 is 1.90 bits per heavy atom. The second kappa shape index (κ2) is 6.48. The molecule has 0 aliphatic carbocycles. The SMILES string of the molecule is CN(Cc1ccc(N(C)C)cc1)C(=O)C1(C)CCCNC1. The summed E-state index contributed by atoms with van der Waals surface area (Å²) in [6.07, 6.45) is 2.05. The molecule has 1 amide bonds. The second-order valence-electron chi connectivity index (χ2n) is 6.56. The highest BCUT2D eigenvalue weighted by Gasteiger charge is 2.36. The van der Waals surface area contributed by atoms with E-state index >= 15 is 0 Å². The Kier molecular flexibility index (Phi) is 4.88. The van der Waals surface area contributed by atoms with E-state index in [-0.39, 0.29) is 11.3 Å². The molecule has 1 atom stereocenters. The summed E-state index contributed by atoms with van der Waals surface area (Å²) in [5, 5.41) is 3.34. The zero-order valence-corrected chi connectivity index (χ0v) is 13.6. The summed E-state index contributed by atoms with van der Waals surface area (Å²) in [4.78, 5) is 16.6. The molecule has 1 aliphatic rings. The van der Waals surface area contributed by atoms with Gasteiger partial charge in [-0.05, 0) is 44.0 Å². The first-order valence-corrected chi connectivity index (χ1v) is 7.65. The zero-order valence-electron chi connectivity index (χ0n) is 13.6. The Bertz CT molecular complexity index is 475. The Morgan fingerprint density at radius 1 is 1.24 bits per heavy atom. The van der Waals surface area contributed by atoms with Crippen molar-refractivity contribution in [3.8, 4) is 0 Å². The van der Waals surface area contributed by atoms with E-state index in [9.17, 15) is 4.79 Å². The lowest BCUT2D eigenvalue weighted by Gasteiger charge is -2.36. The molecule has 1 aromatic carbocycles. The quantitative estimate of drug-likeness (QED) is 0.922. The monoisotopic (exact) mass is 289 g/mol. The summed E-state index contributed by atoms with van der Waals surface area (Å²) >= 11 is 0. The first-order valence-electron chi connectivity index (χ1n) is 7.65. The Hall–Kier alpha value is -1.55. The fourth-order valence-corrected chi connectivity index (χ4v) is 2.94. The maximum absolute atomic E-state index is 12.7. The number of nitrogens with zero attached hydrogens (tertiary/aromatic N) is 2. The molecule has 2 rings (SSSR count). The van der Waals surface area contributed by atoms with Gasteiger partial charge in [-0.2, -0.15) is 0 Å². The van der Waals surface area contributed by atoms with Gasteiger partial charge in [-0.1, -0.05) is 12.1 Å². The van der Waals surface area contributed by atoms with Gasteiger partial charge in [-0.3, -0.25) is 4.79 Å². The van der Waals surface area contributed by atoms with E-state index < -0.39 is 0 Å². The van der Waals surface area contributed by atoms with E-state index in [4.69, 9.17) is 0 Å². The highest BCUT2D eigenvalue weighted by Crippen LogP contribution is 2.28. The molecule has 4 heteroatoms. The van der Waals surface area contributed by atoms with E-state index in [1.807, 2.05) is 26.0 Å². The largest absolute Gasteiger partial charge is 0.378 e. The molecule has 4 nitrogen and oxygen atoms in total. The number of amides is 1. The topological polar surface area (TPSA) is 35.6 Å². The smallest absolute Gasteiger partial charge is 0.229 e. The predicted octanol–water partition coefficient (Wildman–Crippen LogP) is 2.10. The molecule has 1 fully saturated rings. The van der Waals surface area contributed by atoms with Crippen molar-refractivity contribution < 1.29 is 4.79 Å². The van der Waals surface area contributed by atoms with Crippen molar-refractivity contribution in [3.63, 3.8) is 0 Å². The van der Waals surface area contributed by atoms with E-state index in [0.717, 1.165) is 25.9 Å². The molecule has 21 heavy (non-hydrogen) atoms. The third kappa shape index (κ3) is 3.76. The molecule has 116 valence electrons. The minimum atomic E-state index is -0.253. The van der Waals surface area contributed by atoms with Gasteiger partial charge in [0.05, 0.1) is 5.41 Å². The van der Waals surface area contributed by atoms with E-state index in [1.165, 1.54) is 11.3 Å². The number of anilines is 1. The van der Waals surface area contributed by atoms with Gasteiger partial charge in [-0.25, -0.2) is 0 Å². The third-order valence-electron chi connectivity index (χ3n) is 4.33. The number of carbonyl (C=O) groups is 1. The summed E-state index contributed by atoms with van der Waals surface area (Å²) in [7, 11) is 5.96. The number of hydrogen-bond acceptors (Lipinski definition) is 3. The molecule has 1 aliphatic heterocycles.